The van der Waals surface area contributed by atoms with Gasteiger partial charge < -0.3 is 15.2 Å². The Morgan fingerprint density at radius 1 is 1.12 bits per heavy atom. The SMILES string of the molecule is CCC(CC)(CC(=O)O)NC(=O)c1ccc(Oc2ccccc2)nc1. The summed E-state index contributed by atoms with van der Waals surface area (Å²) >= 11 is 0. The normalized spacial score (nSPS) is 11.0. The maximum atomic E-state index is 12.4. The third kappa shape index (κ3) is 5.04. The quantitative estimate of drug-likeness (QED) is 0.764. The molecular formula is C19H22N2O4. The monoisotopic (exact) mass is 342 g/mol. The van der Waals surface area contributed by atoms with Gasteiger partial charge in [0.15, 0.2) is 0 Å². The van der Waals surface area contributed by atoms with Gasteiger partial charge >= 0.3 is 5.97 Å². The molecule has 2 N–H and O–H groups in total. The number of amides is 1. The molecule has 0 spiro atoms. The molecular weight excluding hydrogens is 320 g/mol. The Morgan fingerprint density at radius 3 is 2.32 bits per heavy atom. The van der Waals surface area contributed by atoms with Gasteiger partial charge in [-0.25, -0.2) is 4.98 Å². The second-order valence-electron chi connectivity index (χ2n) is 5.81. The number of hydrogen-bond donors (Lipinski definition) is 2. The van der Waals surface area contributed by atoms with Crippen LogP contribution in [0.1, 0.15) is 43.5 Å². The number of pyridine rings is 1. The van der Waals surface area contributed by atoms with Crippen molar-refractivity contribution in [3.8, 4) is 11.6 Å². The summed E-state index contributed by atoms with van der Waals surface area (Å²) in [5.74, 6) is -0.243. The zero-order valence-electron chi connectivity index (χ0n) is 14.4. The molecule has 1 heterocycles. The number of ether oxygens (including phenoxy) is 1. The van der Waals surface area contributed by atoms with Crippen LogP contribution in [0.2, 0.25) is 0 Å². The summed E-state index contributed by atoms with van der Waals surface area (Å²) in [6.45, 7) is 3.73. The Labute approximate surface area is 146 Å². The van der Waals surface area contributed by atoms with E-state index in [1.165, 1.54) is 6.20 Å². The van der Waals surface area contributed by atoms with E-state index in [0.717, 1.165) is 0 Å². The summed E-state index contributed by atoms with van der Waals surface area (Å²) in [4.78, 5) is 27.7. The van der Waals surface area contributed by atoms with Crippen LogP contribution in [0.4, 0.5) is 0 Å². The number of nitrogens with one attached hydrogen (secondary N) is 1. The summed E-state index contributed by atoms with van der Waals surface area (Å²) in [5.41, 5.74) is -0.403. The van der Waals surface area contributed by atoms with E-state index in [0.29, 0.717) is 30.0 Å². The van der Waals surface area contributed by atoms with Crippen LogP contribution in [0.5, 0.6) is 11.6 Å². The number of aliphatic carboxylic acids is 1. The third-order valence-corrected chi connectivity index (χ3v) is 4.19. The summed E-state index contributed by atoms with van der Waals surface area (Å²) < 4.78 is 5.59. The molecule has 0 aliphatic carbocycles. The number of carboxylic acids is 1. The molecule has 0 aliphatic rings. The lowest BCUT2D eigenvalue weighted by Crippen LogP contribution is -2.49. The fraction of sp³-hybridized carbons (Fsp3) is 0.316. The zero-order chi connectivity index (χ0) is 18.3. The molecule has 0 aliphatic heterocycles. The van der Waals surface area contributed by atoms with Gasteiger partial charge in [-0.05, 0) is 31.0 Å². The first kappa shape index (κ1) is 18.4. The predicted molar refractivity (Wildman–Crippen MR) is 93.8 cm³/mol. The smallest absolute Gasteiger partial charge is 0.305 e. The van der Waals surface area contributed by atoms with Gasteiger partial charge in [-0.15, -0.1) is 0 Å². The third-order valence-electron chi connectivity index (χ3n) is 4.19. The topological polar surface area (TPSA) is 88.5 Å². The number of para-hydroxylation sites is 1. The van der Waals surface area contributed by atoms with Crippen LogP contribution in [0.3, 0.4) is 0 Å². The highest BCUT2D eigenvalue weighted by Crippen LogP contribution is 2.22. The zero-order valence-corrected chi connectivity index (χ0v) is 14.4. The van der Waals surface area contributed by atoms with E-state index >= 15 is 0 Å². The van der Waals surface area contributed by atoms with Gasteiger partial charge in [-0.3, -0.25) is 9.59 Å². The largest absolute Gasteiger partial charge is 0.481 e. The lowest BCUT2D eigenvalue weighted by Gasteiger charge is -2.31. The fourth-order valence-corrected chi connectivity index (χ4v) is 2.51. The Morgan fingerprint density at radius 2 is 1.80 bits per heavy atom. The van der Waals surface area contributed by atoms with Gasteiger partial charge in [0.2, 0.25) is 5.88 Å². The van der Waals surface area contributed by atoms with Crippen LogP contribution >= 0.6 is 0 Å². The van der Waals surface area contributed by atoms with Gasteiger partial charge in [0.25, 0.3) is 5.91 Å². The molecule has 0 radical (unpaired) electrons. The van der Waals surface area contributed by atoms with Crippen LogP contribution in [0.25, 0.3) is 0 Å². The highest BCUT2D eigenvalue weighted by atomic mass is 16.5. The molecule has 0 saturated heterocycles. The van der Waals surface area contributed by atoms with Crippen molar-refractivity contribution in [2.75, 3.05) is 0 Å². The van der Waals surface area contributed by atoms with Crippen molar-refractivity contribution >= 4 is 11.9 Å². The van der Waals surface area contributed by atoms with Crippen molar-refractivity contribution in [1.82, 2.24) is 10.3 Å². The molecule has 0 unspecified atom stereocenters. The molecule has 1 amide bonds. The summed E-state index contributed by atoms with van der Waals surface area (Å²) in [7, 11) is 0. The molecule has 0 atom stereocenters. The van der Waals surface area contributed by atoms with Gasteiger partial charge in [0, 0.05) is 12.3 Å². The minimum Gasteiger partial charge on any atom is -0.481 e. The average Bonchev–Trinajstić information content (AvgIpc) is 2.62. The second kappa shape index (κ2) is 8.28. The minimum absolute atomic E-state index is 0.117. The van der Waals surface area contributed by atoms with Crippen LogP contribution < -0.4 is 10.1 Å². The number of aromatic nitrogens is 1. The maximum absolute atomic E-state index is 12.4. The van der Waals surface area contributed by atoms with E-state index in [2.05, 4.69) is 10.3 Å². The van der Waals surface area contributed by atoms with E-state index in [1.54, 1.807) is 12.1 Å². The van der Waals surface area contributed by atoms with Gasteiger partial charge in [-0.1, -0.05) is 32.0 Å². The van der Waals surface area contributed by atoms with Crippen molar-refractivity contribution in [3.63, 3.8) is 0 Å². The standard InChI is InChI=1S/C19H22N2O4/c1-3-19(4-2,12-17(22)23)21-18(24)14-10-11-16(20-13-14)25-15-8-6-5-7-9-15/h5-11,13H,3-4,12H2,1-2H3,(H,21,24)(H,22,23). The van der Waals surface area contributed by atoms with Crippen LogP contribution in [0.15, 0.2) is 48.7 Å². The lowest BCUT2D eigenvalue weighted by atomic mass is 9.88. The first-order chi connectivity index (χ1) is 12.0. The number of rotatable bonds is 8. The molecule has 25 heavy (non-hydrogen) atoms. The number of hydrogen-bond acceptors (Lipinski definition) is 4. The van der Waals surface area contributed by atoms with E-state index in [1.807, 2.05) is 44.2 Å². The Bertz CT molecular complexity index is 710. The predicted octanol–water partition coefficient (Wildman–Crippen LogP) is 3.64. The van der Waals surface area contributed by atoms with Crippen molar-refractivity contribution in [3.05, 3.63) is 54.2 Å². The van der Waals surface area contributed by atoms with Gasteiger partial charge in [-0.2, -0.15) is 0 Å². The van der Waals surface area contributed by atoms with E-state index in [9.17, 15) is 9.59 Å². The second-order valence-corrected chi connectivity index (χ2v) is 5.81. The van der Waals surface area contributed by atoms with Crippen LogP contribution in [0, 0.1) is 0 Å². The number of carbonyl (C=O) groups excluding carboxylic acids is 1. The Hall–Kier alpha value is -2.89. The molecule has 2 aromatic rings. The van der Waals surface area contributed by atoms with Gasteiger partial charge in [0.05, 0.1) is 17.5 Å². The molecule has 2 rings (SSSR count). The first-order valence-electron chi connectivity index (χ1n) is 8.21. The number of benzene rings is 1. The van der Waals surface area contributed by atoms with Crippen molar-refractivity contribution in [2.24, 2.45) is 0 Å². The van der Waals surface area contributed by atoms with E-state index < -0.39 is 11.5 Å². The molecule has 0 saturated carbocycles. The van der Waals surface area contributed by atoms with Crippen LogP contribution in [-0.2, 0) is 4.79 Å². The highest BCUT2D eigenvalue weighted by Gasteiger charge is 2.31. The maximum Gasteiger partial charge on any atom is 0.305 e. The number of carbonyl (C=O) groups is 2. The molecule has 0 fully saturated rings. The molecule has 132 valence electrons. The van der Waals surface area contributed by atoms with Crippen molar-refractivity contribution in [1.29, 1.82) is 0 Å². The number of carboxylic acid groups (broad SMARTS) is 1. The summed E-state index contributed by atoms with van der Waals surface area (Å²) in [6, 6.07) is 12.4. The van der Waals surface area contributed by atoms with Crippen LogP contribution in [-0.4, -0.2) is 27.5 Å². The van der Waals surface area contributed by atoms with E-state index in [-0.39, 0.29) is 12.3 Å². The van der Waals surface area contributed by atoms with E-state index in [4.69, 9.17) is 9.84 Å². The molecule has 6 nitrogen and oxygen atoms in total. The molecule has 6 heteroatoms. The van der Waals surface area contributed by atoms with Gasteiger partial charge in [0.1, 0.15) is 5.75 Å². The lowest BCUT2D eigenvalue weighted by molar-refractivity contribution is -0.138. The molecule has 0 bridgehead atoms. The van der Waals surface area contributed by atoms with Crippen molar-refractivity contribution < 1.29 is 19.4 Å². The molecule has 1 aromatic heterocycles. The Balaban J connectivity index is 2.07. The Kier molecular flexibility index (Phi) is 6.11. The van der Waals surface area contributed by atoms with Crippen molar-refractivity contribution in [2.45, 2.75) is 38.6 Å². The molecule has 1 aromatic carbocycles. The average molecular weight is 342 g/mol. The highest BCUT2D eigenvalue weighted by molar-refractivity contribution is 5.94. The summed E-state index contributed by atoms with van der Waals surface area (Å²) in [5, 5.41) is 11.9. The minimum atomic E-state index is -0.936. The first-order valence-corrected chi connectivity index (χ1v) is 8.21. The summed E-state index contributed by atoms with van der Waals surface area (Å²) in [6.07, 6.45) is 2.37. The fourth-order valence-electron chi connectivity index (χ4n) is 2.51. The number of nitrogens with zero attached hydrogens (tertiary/aromatic N) is 1.